The highest BCUT2D eigenvalue weighted by atomic mass is 32.2. The van der Waals surface area contributed by atoms with Gasteiger partial charge in [-0.2, -0.15) is 0 Å². The summed E-state index contributed by atoms with van der Waals surface area (Å²) in [5.41, 5.74) is 3.03. The molecule has 8 heteroatoms. The Hall–Kier alpha value is -3.65. The second-order valence-corrected chi connectivity index (χ2v) is 11.3. The number of rotatable bonds is 6. The molecular formula is C27H31N3O4S. The predicted molar refractivity (Wildman–Crippen MR) is 140 cm³/mol. The zero-order chi connectivity index (χ0) is 26.0. The number of nitrogens with one attached hydrogen (secondary N) is 2. The largest absolute Gasteiger partial charge is 0.345 e. The minimum atomic E-state index is -3.81. The summed E-state index contributed by atoms with van der Waals surface area (Å²) < 4.78 is 28.7. The first-order valence-electron chi connectivity index (χ1n) is 11.1. The molecule has 2 N–H and O–H groups in total. The van der Waals surface area contributed by atoms with Gasteiger partial charge in [-0.3, -0.25) is 14.3 Å². The average molecular weight is 494 g/mol. The van der Waals surface area contributed by atoms with Gasteiger partial charge in [0.2, 0.25) is 0 Å². The Morgan fingerprint density at radius 2 is 1.49 bits per heavy atom. The van der Waals surface area contributed by atoms with Crippen molar-refractivity contribution >= 4 is 33.2 Å². The molecular weight excluding hydrogens is 462 g/mol. The average Bonchev–Trinajstić information content (AvgIpc) is 2.78. The van der Waals surface area contributed by atoms with Gasteiger partial charge in [-0.1, -0.05) is 39.0 Å². The first-order valence-corrected chi connectivity index (χ1v) is 12.6. The van der Waals surface area contributed by atoms with Crippen LogP contribution in [-0.4, -0.2) is 39.2 Å². The van der Waals surface area contributed by atoms with Crippen molar-refractivity contribution in [3.05, 3.63) is 89.0 Å². The van der Waals surface area contributed by atoms with E-state index in [4.69, 9.17) is 0 Å². The van der Waals surface area contributed by atoms with Gasteiger partial charge in [-0.05, 0) is 72.0 Å². The highest BCUT2D eigenvalue weighted by Crippen LogP contribution is 2.28. The van der Waals surface area contributed by atoms with Crippen molar-refractivity contribution in [1.82, 2.24) is 4.90 Å². The van der Waals surface area contributed by atoms with Gasteiger partial charge in [0, 0.05) is 36.6 Å². The maximum Gasteiger partial charge on any atom is 0.262 e. The quantitative estimate of drug-likeness (QED) is 0.502. The Bertz CT molecular complexity index is 1360. The molecule has 0 aliphatic rings. The lowest BCUT2D eigenvalue weighted by atomic mass is 9.87. The van der Waals surface area contributed by atoms with Gasteiger partial charge in [0.05, 0.1) is 4.90 Å². The van der Waals surface area contributed by atoms with Crippen molar-refractivity contribution in [1.29, 1.82) is 0 Å². The topological polar surface area (TPSA) is 95.6 Å². The SMILES string of the molecule is Cc1ccc(C(C)(C)C)cc1S(=O)(=O)Nc1ccc(C(=O)Nc2cccc(C(=O)N(C)C)c2)cc1. The fraction of sp³-hybridized carbons (Fsp3) is 0.259. The van der Waals surface area contributed by atoms with Crippen molar-refractivity contribution in [2.24, 2.45) is 0 Å². The normalized spacial score (nSPS) is 11.6. The zero-order valence-corrected chi connectivity index (χ0v) is 21.7. The molecule has 0 fully saturated rings. The number of aryl methyl sites for hydroxylation is 1. The summed E-state index contributed by atoms with van der Waals surface area (Å²) in [5.74, 6) is -0.538. The Labute approximate surface area is 207 Å². The number of carbonyl (C=O) groups is 2. The maximum absolute atomic E-state index is 13.1. The molecule has 0 atom stereocenters. The van der Waals surface area contributed by atoms with Gasteiger partial charge < -0.3 is 10.2 Å². The molecule has 0 aliphatic heterocycles. The smallest absolute Gasteiger partial charge is 0.262 e. The molecule has 0 aromatic heterocycles. The van der Waals surface area contributed by atoms with Crippen LogP contribution in [0.2, 0.25) is 0 Å². The van der Waals surface area contributed by atoms with Crippen LogP contribution in [0.4, 0.5) is 11.4 Å². The standard InChI is InChI=1S/C27H31N3O4S/c1-18-10-13-21(27(2,3)4)17-24(18)35(33,34)29-22-14-11-19(12-15-22)25(31)28-23-9-7-8-20(16-23)26(32)30(5)6/h7-17,29H,1-6H3,(H,28,31). The summed E-state index contributed by atoms with van der Waals surface area (Å²) in [5, 5.41) is 2.77. The molecule has 0 saturated carbocycles. The van der Waals surface area contributed by atoms with Gasteiger partial charge in [-0.15, -0.1) is 0 Å². The van der Waals surface area contributed by atoms with Gasteiger partial charge in [0.15, 0.2) is 0 Å². The third-order valence-electron chi connectivity index (χ3n) is 5.52. The second-order valence-electron chi connectivity index (χ2n) is 9.65. The lowest BCUT2D eigenvalue weighted by molar-refractivity contribution is 0.0827. The molecule has 2 amide bonds. The van der Waals surface area contributed by atoms with Crippen molar-refractivity contribution in [3.8, 4) is 0 Å². The van der Waals surface area contributed by atoms with Crippen molar-refractivity contribution in [3.63, 3.8) is 0 Å². The van der Waals surface area contributed by atoms with Crippen LogP contribution in [-0.2, 0) is 15.4 Å². The second kappa shape index (κ2) is 9.92. The van der Waals surface area contributed by atoms with Gasteiger partial charge >= 0.3 is 0 Å². The van der Waals surface area contributed by atoms with E-state index in [9.17, 15) is 18.0 Å². The summed E-state index contributed by atoms with van der Waals surface area (Å²) in [6, 6.07) is 18.3. The first kappa shape index (κ1) is 26.0. The minimum absolute atomic E-state index is 0.166. The van der Waals surface area contributed by atoms with Crippen LogP contribution in [0, 0.1) is 6.92 Å². The lowest BCUT2D eigenvalue weighted by Crippen LogP contribution is -2.22. The highest BCUT2D eigenvalue weighted by Gasteiger charge is 2.22. The lowest BCUT2D eigenvalue weighted by Gasteiger charge is -2.21. The fourth-order valence-electron chi connectivity index (χ4n) is 3.45. The van der Waals surface area contributed by atoms with Crippen LogP contribution in [0.3, 0.4) is 0 Å². The van der Waals surface area contributed by atoms with Crippen LogP contribution >= 0.6 is 0 Å². The van der Waals surface area contributed by atoms with E-state index in [2.05, 4.69) is 10.0 Å². The number of carbonyl (C=O) groups excluding carboxylic acids is 2. The van der Waals surface area contributed by atoms with E-state index >= 15 is 0 Å². The Kier molecular flexibility index (Phi) is 7.36. The minimum Gasteiger partial charge on any atom is -0.345 e. The molecule has 184 valence electrons. The van der Waals surface area contributed by atoms with Gasteiger partial charge in [0.25, 0.3) is 21.8 Å². The maximum atomic E-state index is 13.1. The van der Waals surface area contributed by atoms with Crippen LogP contribution < -0.4 is 10.0 Å². The molecule has 0 saturated heterocycles. The van der Waals surface area contributed by atoms with Crippen molar-refractivity contribution in [2.45, 2.75) is 38.0 Å². The van der Waals surface area contributed by atoms with Gasteiger partial charge in [0.1, 0.15) is 0 Å². The molecule has 35 heavy (non-hydrogen) atoms. The number of anilines is 2. The molecule has 0 unspecified atom stereocenters. The third-order valence-corrected chi connectivity index (χ3v) is 7.04. The summed E-state index contributed by atoms with van der Waals surface area (Å²) >= 11 is 0. The van der Waals surface area contributed by atoms with E-state index in [1.807, 2.05) is 32.9 Å². The Morgan fingerprint density at radius 3 is 2.09 bits per heavy atom. The number of benzene rings is 3. The van der Waals surface area contributed by atoms with Crippen molar-refractivity contribution < 1.29 is 18.0 Å². The van der Waals surface area contributed by atoms with E-state index in [0.29, 0.717) is 28.1 Å². The molecule has 0 bridgehead atoms. The summed E-state index contributed by atoms with van der Waals surface area (Å²) in [7, 11) is -0.497. The number of sulfonamides is 1. The monoisotopic (exact) mass is 493 g/mol. The summed E-state index contributed by atoms with van der Waals surface area (Å²) in [4.78, 5) is 26.5. The highest BCUT2D eigenvalue weighted by molar-refractivity contribution is 7.92. The molecule has 3 aromatic carbocycles. The summed E-state index contributed by atoms with van der Waals surface area (Å²) in [6.07, 6.45) is 0. The number of nitrogens with zero attached hydrogens (tertiary/aromatic N) is 1. The molecule has 0 spiro atoms. The molecule has 3 aromatic rings. The summed E-state index contributed by atoms with van der Waals surface area (Å²) in [6.45, 7) is 7.85. The molecule has 0 aliphatic carbocycles. The molecule has 7 nitrogen and oxygen atoms in total. The van der Waals surface area contributed by atoms with E-state index in [1.165, 1.54) is 4.90 Å². The zero-order valence-electron chi connectivity index (χ0n) is 20.8. The van der Waals surface area contributed by atoms with Crippen molar-refractivity contribution in [2.75, 3.05) is 24.1 Å². The number of amides is 2. The first-order chi connectivity index (χ1) is 16.3. The van der Waals surface area contributed by atoms with Crippen LogP contribution in [0.1, 0.15) is 52.6 Å². The van der Waals surface area contributed by atoms with Gasteiger partial charge in [-0.25, -0.2) is 8.42 Å². The third kappa shape index (κ3) is 6.27. The van der Waals surface area contributed by atoms with E-state index < -0.39 is 10.0 Å². The van der Waals surface area contributed by atoms with Crippen LogP contribution in [0.15, 0.2) is 71.6 Å². The molecule has 3 rings (SSSR count). The Morgan fingerprint density at radius 1 is 0.829 bits per heavy atom. The van der Waals surface area contributed by atoms with E-state index in [0.717, 1.165) is 5.56 Å². The fourth-order valence-corrected chi connectivity index (χ4v) is 4.78. The van der Waals surface area contributed by atoms with E-state index in [1.54, 1.807) is 75.6 Å². The van der Waals surface area contributed by atoms with Crippen LogP contribution in [0.5, 0.6) is 0 Å². The molecule has 0 heterocycles. The number of hydrogen-bond acceptors (Lipinski definition) is 4. The predicted octanol–water partition coefficient (Wildman–Crippen LogP) is 5.05. The van der Waals surface area contributed by atoms with E-state index in [-0.39, 0.29) is 22.1 Å². The number of hydrogen-bond donors (Lipinski definition) is 2. The Balaban J connectivity index is 1.76. The molecule has 0 radical (unpaired) electrons. The van der Waals surface area contributed by atoms with Crippen LogP contribution in [0.25, 0.3) is 0 Å².